The molecule has 1 aromatic carbocycles. The molecule has 1 N–H and O–H groups in total. The fraction of sp³-hybridized carbons (Fsp3) is 0.0714. The van der Waals surface area contributed by atoms with Gasteiger partial charge in [-0.1, -0.05) is 24.3 Å². The Morgan fingerprint density at radius 3 is 2.75 bits per heavy atom. The summed E-state index contributed by atoms with van der Waals surface area (Å²) in [7, 11) is 0. The first-order valence-electron chi connectivity index (χ1n) is 5.96. The van der Waals surface area contributed by atoms with E-state index in [1.54, 1.807) is 36.4 Å². The van der Waals surface area contributed by atoms with E-state index in [2.05, 4.69) is 10.2 Å². The second kappa shape index (κ2) is 3.64. The van der Waals surface area contributed by atoms with E-state index >= 15 is 0 Å². The van der Waals surface area contributed by atoms with E-state index in [4.69, 9.17) is 9.15 Å². The second-order valence-electron chi connectivity index (χ2n) is 4.45. The van der Waals surface area contributed by atoms with Crippen LogP contribution >= 0.6 is 0 Å². The third-order valence-corrected chi connectivity index (χ3v) is 3.29. The Bertz CT molecular complexity index is 776. The van der Waals surface area contributed by atoms with Gasteiger partial charge in [-0.2, -0.15) is 0 Å². The molecule has 1 unspecified atom stereocenters. The van der Waals surface area contributed by atoms with Crippen molar-refractivity contribution in [1.29, 1.82) is 0 Å². The van der Waals surface area contributed by atoms with Crippen molar-refractivity contribution >= 4 is 17.4 Å². The van der Waals surface area contributed by atoms with Crippen LogP contribution < -0.4 is 0 Å². The van der Waals surface area contributed by atoms with E-state index in [1.165, 1.54) is 6.26 Å². The van der Waals surface area contributed by atoms with Gasteiger partial charge in [-0.25, -0.2) is 0 Å². The Kier molecular flexibility index (Phi) is 2.03. The summed E-state index contributed by atoms with van der Waals surface area (Å²) in [5, 5.41) is 18.3. The first-order valence-corrected chi connectivity index (χ1v) is 5.96. The van der Waals surface area contributed by atoms with Crippen LogP contribution in [0.2, 0.25) is 0 Å². The molecule has 2 heterocycles. The zero-order valence-corrected chi connectivity index (χ0v) is 10.1. The first-order chi connectivity index (χ1) is 9.70. The molecule has 2 aliphatic rings. The van der Waals surface area contributed by atoms with E-state index < -0.39 is 5.79 Å². The van der Waals surface area contributed by atoms with Gasteiger partial charge in [0.2, 0.25) is 5.78 Å². The van der Waals surface area contributed by atoms with Crippen molar-refractivity contribution in [3.8, 4) is 0 Å². The van der Waals surface area contributed by atoms with Crippen LogP contribution in [0, 0.1) is 0 Å². The average molecular weight is 268 g/mol. The van der Waals surface area contributed by atoms with Gasteiger partial charge in [0.15, 0.2) is 11.5 Å². The van der Waals surface area contributed by atoms with Crippen LogP contribution in [0.25, 0.3) is 0 Å². The highest BCUT2D eigenvalue weighted by Crippen LogP contribution is 2.38. The molecule has 1 aliphatic heterocycles. The van der Waals surface area contributed by atoms with Gasteiger partial charge in [-0.3, -0.25) is 4.79 Å². The van der Waals surface area contributed by atoms with Crippen molar-refractivity contribution in [2.75, 3.05) is 0 Å². The third-order valence-electron chi connectivity index (χ3n) is 3.29. The highest BCUT2D eigenvalue weighted by molar-refractivity contribution is 6.51. The zero-order valence-electron chi connectivity index (χ0n) is 10.1. The predicted molar refractivity (Wildman–Crippen MR) is 68.4 cm³/mol. The molecule has 0 saturated heterocycles. The smallest absolute Gasteiger partial charge is 0.287 e. The Hall–Kier alpha value is -2.73. The number of fused-ring (bicyclic) bond motifs is 3. The van der Waals surface area contributed by atoms with Crippen LogP contribution in [-0.4, -0.2) is 22.5 Å². The highest BCUT2D eigenvalue weighted by Gasteiger charge is 2.53. The van der Waals surface area contributed by atoms with E-state index in [0.29, 0.717) is 16.9 Å². The molecule has 20 heavy (non-hydrogen) atoms. The minimum Gasteiger partial charge on any atom is -0.459 e. The zero-order chi connectivity index (χ0) is 13.7. The van der Waals surface area contributed by atoms with Gasteiger partial charge in [-0.15, -0.1) is 10.2 Å². The number of carbonyl (C=O) groups is 1. The molecule has 0 radical (unpaired) electrons. The van der Waals surface area contributed by atoms with E-state index in [9.17, 15) is 9.90 Å². The number of nitrogens with zero attached hydrogens (tertiary/aromatic N) is 2. The SMILES string of the molecule is O=C1C2=NN=C(c3ccco3)OC2(O)c2ccccc21. The molecule has 6 nitrogen and oxygen atoms in total. The number of hydrogen-bond donors (Lipinski definition) is 1. The number of ketones is 1. The van der Waals surface area contributed by atoms with Crippen LogP contribution in [0.4, 0.5) is 0 Å². The standard InChI is InChI=1S/C14H8N2O4/c17-11-8-4-1-2-5-9(8)14(18)12(11)15-16-13(20-14)10-6-3-7-19-10/h1-7,18H. The number of Topliss-reactive ketones (excluding diaryl/α,β-unsaturated/α-hetero) is 1. The molecule has 1 aliphatic carbocycles. The van der Waals surface area contributed by atoms with Gasteiger partial charge < -0.3 is 14.3 Å². The maximum Gasteiger partial charge on any atom is 0.287 e. The van der Waals surface area contributed by atoms with Gasteiger partial charge >= 0.3 is 0 Å². The average Bonchev–Trinajstić information content (AvgIpc) is 3.06. The quantitative estimate of drug-likeness (QED) is 0.848. The lowest BCUT2D eigenvalue weighted by Gasteiger charge is -2.26. The maximum atomic E-state index is 12.2. The minimum absolute atomic E-state index is 0.0331. The van der Waals surface area contributed by atoms with Crippen molar-refractivity contribution in [3.63, 3.8) is 0 Å². The van der Waals surface area contributed by atoms with Crippen LogP contribution in [0.3, 0.4) is 0 Å². The Morgan fingerprint density at radius 1 is 1.10 bits per heavy atom. The van der Waals surface area contributed by atoms with Gasteiger partial charge in [0.25, 0.3) is 11.7 Å². The topological polar surface area (TPSA) is 84.4 Å². The number of carbonyl (C=O) groups excluding carboxylic acids is 1. The van der Waals surface area contributed by atoms with Crippen LogP contribution in [0.15, 0.2) is 57.3 Å². The molecule has 0 saturated carbocycles. The number of aliphatic hydroxyl groups is 1. The molecule has 0 amide bonds. The summed E-state index contributed by atoms with van der Waals surface area (Å²) >= 11 is 0. The lowest BCUT2D eigenvalue weighted by Crippen LogP contribution is -2.41. The monoisotopic (exact) mass is 268 g/mol. The minimum atomic E-state index is -1.91. The van der Waals surface area contributed by atoms with Gasteiger partial charge in [-0.05, 0) is 12.1 Å². The number of rotatable bonds is 1. The van der Waals surface area contributed by atoms with Crippen LogP contribution in [0.5, 0.6) is 0 Å². The molecule has 0 spiro atoms. The fourth-order valence-electron chi connectivity index (χ4n) is 2.36. The van der Waals surface area contributed by atoms with Crippen molar-refractivity contribution in [3.05, 3.63) is 59.5 Å². The summed E-state index contributed by atoms with van der Waals surface area (Å²) in [5.74, 6) is -1.92. The van der Waals surface area contributed by atoms with Crippen molar-refractivity contribution < 1.29 is 19.1 Å². The van der Waals surface area contributed by atoms with E-state index in [1.807, 2.05) is 0 Å². The van der Waals surface area contributed by atoms with Crippen LogP contribution in [-0.2, 0) is 10.5 Å². The summed E-state index contributed by atoms with van der Waals surface area (Å²) < 4.78 is 10.7. The molecule has 1 atom stereocenters. The fourth-order valence-corrected chi connectivity index (χ4v) is 2.36. The number of furan rings is 1. The molecule has 0 fully saturated rings. The van der Waals surface area contributed by atoms with Crippen molar-refractivity contribution in [1.82, 2.24) is 0 Å². The third kappa shape index (κ3) is 1.28. The number of benzene rings is 1. The summed E-state index contributed by atoms with van der Waals surface area (Å²) in [6.45, 7) is 0. The Morgan fingerprint density at radius 2 is 1.95 bits per heavy atom. The number of ether oxygens (including phenoxy) is 1. The molecular formula is C14H8N2O4. The lowest BCUT2D eigenvalue weighted by molar-refractivity contribution is -0.0922. The van der Waals surface area contributed by atoms with E-state index in [-0.39, 0.29) is 17.4 Å². The summed E-state index contributed by atoms with van der Waals surface area (Å²) in [5.41, 5.74) is 0.598. The van der Waals surface area contributed by atoms with Gasteiger partial charge in [0.1, 0.15) is 0 Å². The Labute approximate surface area is 113 Å². The molecule has 0 bridgehead atoms. The summed E-state index contributed by atoms with van der Waals surface area (Å²) in [6, 6.07) is 9.97. The molecule has 1 aromatic heterocycles. The van der Waals surface area contributed by atoms with Gasteiger partial charge in [0.05, 0.1) is 6.26 Å². The molecule has 6 heteroatoms. The maximum absolute atomic E-state index is 12.2. The normalized spacial score (nSPS) is 23.6. The van der Waals surface area contributed by atoms with E-state index in [0.717, 1.165) is 0 Å². The van der Waals surface area contributed by atoms with Crippen molar-refractivity contribution in [2.45, 2.75) is 5.79 Å². The summed E-state index contributed by atoms with van der Waals surface area (Å²) in [4.78, 5) is 12.2. The van der Waals surface area contributed by atoms with Gasteiger partial charge in [0, 0.05) is 11.1 Å². The lowest BCUT2D eigenvalue weighted by atomic mass is 10.1. The first kappa shape index (κ1) is 11.1. The van der Waals surface area contributed by atoms with Crippen LogP contribution in [0.1, 0.15) is 21.7 Å². The summed E-state index contributed by atoms with van der Waals surface area (Å²) in [6.07, 6.45) is 1.46. The molecular weight excluding hydrogens is 260 g/mol. The number of hydrogen-bond acceptors (Lipinski definition) is 6. The predicted octanol–water partition coefficient (Wildman–Crippen LogP) is 1.45. The molecule has 2 aromatic rings. The second-order valence-corrected chi connectivity index (χ2v) is 4.45. The highest BCUT2D eigenvalue weighted by atomic mass is 16.6. The van der Waals surface area contributed by atoms with Crippen molar-refractivity contribution in [2.24, 2.45) is 10.2 Å². The largest absolute Gasteiger partial charge is 0.459 e. The molecule has 4 rings (SSSR count). The Balaban J connectivity index is 1.88. The molecule has 98 valence electrons.